The van der Waals surface area contributed by atoms with E-state index in [9.17, 15) is 9.18 Å². The molecule has 32 heavy (non-hydrogen) atoms. The lowest BCUT2D eigenvalue weighted by Crippen LogP contribution is -2.51. The lowest BCUT2D eigenvalue weighted by atomic mass is 10.1. The van der Waals surface area contributed by atoms with Gasteiger partial charge in [0.25, 0.3) is 0 Å². The Bertz CT molecular complexity index is 1030. The van der Waals surface area contributed by atoms with Crippen LogP contribution in [0.1, 0.15) is 25.0 Å². The molecule has 0 radical (unpaired) electrons. The number of hydrogen-bond donors (Lipinski definition) is 2. The summed E-state index contributed by atoms with van der Waals surface area (Å²) in [4.78, 5) is 25.1. The standard InChI is InChI=1S/C23H28FN7O/c1-30(12-3-8-19-15-21(29-28-19)17-6-2-7-18(24)14-17)23(32)27-20-9-4-13-31(16-20)22-25-10-5-11-26-22/h2,5-7,10-11,14-15,20H,3-4,8-9,12-13,16H2,1H3,(H,27,32)(H,28,29). The average Bonchev–Trinajstić information content (AvgIpc) is 3.29. The van der Waals surface area contributed by atoms with Crippen LogP contribution in [0.25, 0.3) is 11.3 Å². The predicted octanol–water partition coefficient (Wildman–Crippen LogP) is 3.25. The summed E-state index contributed by atoms with van der Waals surface area (Å²) in [6.45, 7) is 2.23. The molecule has 1 aliphatic heterocycles. The Morgan fingerprint density at radius 1 is 1.28 bits per heavy atom. The molecule has 9 heteroatoms. The number of carbonyl (C=O) groups excluding carboxylic acids is 1. The molecule has 3 heterocycles. The Morgan fingerprint density at radius 2 is 2.12 bits per heavy atom. The average molecular weight is 438 g/mol. The number of halogens is 1. The largest absolute Gasteiger partial charge is 0.339 e. The molecule has 1 fully saturated rings. The Balaban J connectivity index is 1.22. The normalized spacial score (nSPS) is 16.1. The third-order valence-electron chi connectivity index (χ3n) is 5.62. The van der Waals surface area contributed by atoms with Gasteiger partial charge in [-0.1, -0.05) is 12.1 Å². The molecule has 4 rings (SSSR count). The van der Waals surface area contributed by atoms with Crippen LogP contribution in [-0.4, -0.2) is 63.8 Å². The van der Waals surface area contributed by atoms with Crippen molar-refractivity contribution in [2.45, 2.75) is 31.7 Å². The summed E-state index contributed by atoms with van der Waals surface area (Å²) in [6.07, 6.45) is 6.95. The lowest BCUT2D eigenvalue weighted by molar-refractivity contribution is 0.202. The van der Waals surface area contributed by atoms with Gasteiger partial charge in [-0.25, -0.2) is 19.2 Å². The van der Waals surface area contributed by atoms with Crippen molar-refractivity contribution >= 4 is 12.0 Å². The van der Waals surface area contributed by atoms with Crippen LogP contribution in [0.5, 0.6) is 0 Å². The van der Waals surface area contributed by atoms with Crippen molar-refractivity contribution < 1.29 is 9.18 Å². The van der Waals surface area contributed by atoms with E-state index in [1.54, 1.807) is 36.5 Å². The van der Waals surface area contributed by atoms with Crippen LogP contribution < -0.4 is 10.2 Å². The zero-order chi connectivity index (χ0) is 22.3. The fourth-order valence-electron chi connectivity index (χ4n) is 3.91. The Morgan fingerprint density at radius 3 is 2.94 bits per heavy atom. The Hall–Kier alpha value is -3.49. The minimum Gasteiger partial charge on any atom is -0.339 e. The van der Waals surface area contributed by atoms with E-state index in [-0.39, 0.29) is 17.9 Å². The van der Waals surface area contributed by atoms with Crippen molar-refractivity contribution in [2.75, 3.05) is 31.6 Å². The summed E-state index contributed by atoms with van der Waals surface area (Å²) in [7, 11) is 1.81. The van der Waals surface area contributed by atoms with Crippen LogP contribution in [0.15, 0.2) is 48.8 Å². The minimum atomic E-state index is -0.280. The highest BCUT2D eigenvalue weighted by Crippen LogP contribution is 2.19. The number of aromatic amines is 1. The number of hydrogen-bond acceptors (Lipinski definition) is 5. The fraction of sp³-hybridized carbons (Fsp3) is 0.391. The fourth-order valence-corrected chi connectivity index (χ4v) is 3.91. The third kappa shape index (κ3) is 5.60. The van der Waals surface area contributed by atoms with Gasteiger partial charge in [0.15, 0.2) is 0 Å². The van der Waals surface area contributed by atoms with E-state index < -0.39 is 0 Å². The number of carbonyl (C=O) groups is 1. The molecule has 2 aromatic heterocycles. The number of H-pyrrole nitrogens is 1. The second-order valence-corrected chi connectivity index (χ2v) is 8.10. The first-order chi connectivity index (χ1) is 15.6. The van der Waals surface area contributed by atoms with Gasteiger partial charge in [0.2, 0.25) is 5.95 Å². The van der Waals surface area contributed by atoms with Gasteiger partial charge in [-0.15, -0.1) is 0 Å². The van der Waals surface area contributed by atoms with E-state index in [0.29, 0.717) is 19.0 Å². The Kier molecular flexibility index (Phi) is 6.94. The van der Waals surface area contributed by atoms with E-state index in [1.807, 2.05) is 12.1 Å². The Labute approximate surface area is 186 Å². The number of amides is 2. The molecular formula is C23H28FN7O. The highest BCUT2D eigenvalue weighted by Gasteiger charge is 2.24. The first kappa shape index (κ1) is 21.7. The van der Waals surface area contributed by atoms with Crippen LogP contribution in [0.3, 0.4) is 0 Å². The number of rotatable bonds is 7. The third-order valence-corrected chi connectivity index (χ3v) is 5.62. The summed E-state index contributed by atoms with van der Waals surface area (Å²) in [5, 5.41) is 10.4. The monoisotopic (exact) mass is 437 g/mol. The number of urea groups is 1. The molecule has 2 N–H and O–H groups in total. The number of benzene rings is 1. The van der Waals surface area contributed by atoms with Crippen LogP contribution in [0.4, 0.5) is 15.1 Å². The van der Waals surface area contributed by atoms with Gasteiger partial charge in [0.1, 0.15) is 5.82 Å². The maximum absolute atomic E-state index is 13.4. The second-order valence-electron chi connectivity index (χ2n) is 8.10. The first-order valence-corrected chi connectivity index (χ1v) is 10.9. The number of aromatic nitrogens is 4. The predicted molar refractivity (Wildman–Crippen MR) is 121 cm³/mol. The molecule has 1 atom stereocenters. The van der Waals surface area contributed by atoms with E-state index in [0.717, 1.165) is 49.2 Å². The number of anilines is 1. The van der Waals surface area contributed by atoms with Crippen LogP contribution in [0, 0.1) is 5.82 Å². The zero-order valence-corrected chi connectivity index (χ0v) is 18.2. The highest BCUT2D eigenvalue weighted by atomic mass is 19.1. The van der Waals surface area contributed by atoms with Gasteiger partial charge in [-0.05, 0) is 49.9 Å². The van der Waals surface area contributed by atoms with E-state index in [4.69, 9.17) is 0 Å². The molecular weight excluding hydrogens is 409 g/mol. The zero-order valence-electron chi connectivity index (χ0n) is 18.2. The van der Waals surface area contributed by atoms with E-state index >= 15 is 0 Å². The molecule has 0 saturated carbocycles. The summed E-state index contributed by atoms with van der Waals surface area (Å²) in [6, 6.07) is 10.1. The summed E-state index contributed by atoms with van der Waals surface area (Å²) < 4.78 is 13.4. The van der Waals surface area contributed by atoms with Crippen molar-refractivity contribution in [1.82, 2.24) is 30.4 Å². The number of piperidine rings is 1. The molecule has 0 aliphatic carbocycles. The molecule has 1 unspecified atom stereocenters. The number of aryl methyl sites for hydroxylation is 1. The number of nitrogens with one attached hydrogen (secondary N) is 2. The molecule has 3 aromatic rings. The molecule has 0 spiro atoms. The molecule has 8 nitrogen and oxygen atoms in total. The van der Waals surface area contributed by atoms with Gasteiger partial charge in [-0.3, -0.25) is 5.10 Å². The maximum Gasteiger partial charge on any atom is 0.317 e. The van der Waals surface area contributed by atoms with E-state index in [1.165, 1.54) is 12.1 Å². The lowest BCUT2D eigenvalue weighted by Gasteiger charge is -2.34. The smallest absolute Gasteiger partial charge is 0.317 e. The van der Waals surface area contributed by atoms with Gasteiger partial charge >= 0.3 is 6.03 Å². The molecule has 2 amide bonds. The van der Waals surface area contributed by atoms with Gasteiger partial charge < -0.3 is 15.1 Å². The summed E-state index contributed by atoms with van der Waals surface area (Å²) in [5.41, 5.74) is 2.42. The van der Waals surface area contributed by atoms with Crippen LogP contribution in [-0.2, 0) is 6.42 Å². The SMILES string of the molecule is CN(CCCc1cc(-c2cccc(F)c2)n[nH]1)C(=O)NC1CCCN(c2ncccn2)C1. The minimum absolute atomic E-state index is 0.0731. The van der Waals surface area contributed by atoms with Gasteiger partial charge in [-0.2, -0.15) is 5.10 Å². The van der Waals surface area contributed by atoms with Crippen LogP contribution >= 0.6 is 0 Å². The maximum atomic E-state index is 13.4. The molecule has 1 aliphatic rings. The summed E-state index contributed by atoms with van der Waals surface area (Å²) >= 11 is 0. The van der Waals surface area contributed by atoms with Crippen molar-refractivity contribution in [3.8, 4) is 11.3 Å². The van der Waals surface area contributed by atoms with Gasteiger partial charge in [0, 0.05) is 56.4 Å². The van der Waals surface area contributed by atoms with Crippen molar-refractivity contribution in [3.63, 3.8) is 0 Å². The quantitative estimate of drug-likeness (QED) is 0.592. The van der Waals surface area contributed by atoms with Crippen molar-refractivity contribution in [2.24, 2.45) is 0 Å². The van der Waals surface area contributed by atoms with E-state index in [2.05, 4.69) is 30.4 Å². The number of nitrogens with zero attached hydrogens (tertiary/aromatic N) is 5. The summed E-state index contributed by atoms with van der Waals surface area (Å²) in [5.74, 6) is 0.425. The topological polar surface area (TPSA) is 90.0 Å². The first-order valence-electron chi connectivity index (χ1n) is 10.9. The van der Waals surface area contributed by atoms with Gasteiger partial charge in [0.05, 0.1) is 5.69 Å². The second kappa shape index (κ2) is 10.2. The molecule has 0 bridgehead atoms. The van der Waals surface area contributed by atoms with Crippen molar-refractivity contribution in [1.29, 1.82) is 0 Å². The molecule has 1 aromatic carbocycles. The molecule has 1 saturated heterocycles. The highest BCUT2D eigenvalue weighted by molar-refractivity contribution is 5.74. The molecule has 168 valence electrons. The van der Waals surface area contributed by atoms with Crippen LogP contribution in [0.2, 0.25) is 0 Å². The van der Waals surface area contributed by atoms with Crippen molar-refractivity contribution in [3.05, 3.63) is 60.3 Å².